The third-order valence-electron chi connectivity index (χ3n) is 4.93. The van der Waals surface area contributed by atoms with Crippen LogP contribution in [-0.2, 0) is 0 Å². The van der Waals surface area contributed by atoms with Crippen LogP contribution in [0.5, 0.6) is 17.2 Å². The second-order valence-corrected chi connectivity index (χ2v) is 7.33. The van der Waals surface area contributed by atoms with E-state index in [-0.39, 0.29) is 17.8 Å². The molecule has 9 nitrogen and oxygen atoms in total. The second-order valence-electron chi connectivity index (χ2n) is 7.33. The summed E-state index contributed by atoms with van der Waals surface area (Å²) in [4.78, 5) is 26.3. The fraction of sp³-hybridized carbons (Fsp3) is 0.111. The van der Waals surface area contributed by atoms with Gasteiger partial charge in [-0.15, -0.1) is 0 Å². The van der Waals surface area contributed by atoms with Crippen LogP contribution in [-0.4, -0.2) is 54.9 Å². The lowest BCUT2D eigenvalue weighted by Crippen LogP contribution is -1.91. The van der Waals surface area contributed by atoms with Crippen LogP contribution < -0.4 is 14.2 Å². The standard InChI is InChI=1S/C27H24N6O3/c1-34-22-10-4-19(5-11-22)16-28-25-31-26(29-17-20-6-12-23(35-2)13-7-20)33-27(32-25)30-18-21-8-14-24(36-3)15-9-21/h4-18H,1-3H3/b28-16+,29-17+,30-18+. The summed E-state index contributed by atoms with van der Waals surface area (Å²) in [6, 6.07) is 22.4. The number of hydrogen-bond acceptors (Lipinski definition) is 9. The quantitative estimate of drug-likeness (QED) is 0.307. The molecule has 180 valence electrons. The fourth-order valence-corrected chi connectivity index (χ4v) is 2.98. The Morgan fingerprint density at radius 2 is 0.694 bits per heavy atom. The highest BCUT2D eigenvalue weighted by Crippen LogP contribution is 2.18. The lowest BCUT2D eigenvalue weighted by molar-refractivity contribution is 0.414. The first-order valence-electron chi connectivity index (χ1n) is 11.0. The summed E-state index contributed by atoms with van der Waals surface area (Å²) in [5.74, 6) is 2.84. The number of nitrogens with zero attached hydrogens (tertiary/aromatic N) is 6. The molecule has 0 unspecified atom stereocenters. The van der Waals surface area contributed by atoms with Gasteiger partial charge >= 0.3 is 0 Å². The Labute approximate surface area is 208 Å². The number of rotatable bonds is 9. The smallest absolute Gasteiger partial charge is 0.256 e. The molecule has 4 aromatic rings. The second kappa shape index (κ2) is 12.0. The minimum absolute atomic E-state index is 0.185. The number of hydrogen-bond donors (Lipinski definition) is 0. The molecule has 0 amide bonds. The van der Waals surface area contributed by atoms with Gasteiger partial charge < -0.3 is 14.2 Å². The number of benzene rings is 3. The largest absolute Gasteiger partial charge is 0.497 e. The van der Waals surface area contributed by atoms with Gasteiger partial charge in [-0.25, -0.2) is 15.0 Å². The summed E-state index contributed by atoms with van der Waals surface area (Å²) in [5, 5.41) is 0. The molecule has 36 heavy (non-hydrogen) atoms. The summed E-state index contributed by atoms with van der Waals surface area (Å²) in [6.07, 6.45) is 4.97. The van der Waals surface area contributed by atoms with Crippen LogP contribution in [0, 0.1) is 0 Å². The normalized spacial score (nSPS) is 11.4. The molecule has 1 heterocycles. The molecule has 0 N–H and O–H groups in total. The number of methoxy groups -OCH3 is 3. The third-order valence-corrected chi connectivity index (χ3v) is 4.93. The zero-order valence-electron chi connectivity index (χ0n) is 20.1. The predicted molar refractivity (Wildman–Crippen MR) is 141 cm³/mol. The van der Waals surface area contributed by atoms with Crippen LogP contribution in [0.1, 0.15) is 16.7 Å². The maximum atomic E-state index is 5.19. The third kappa shape index (κ3) is 6.80. The Bertz CT molecular complexity index is 1180. The zero-order chi connectivity index (χ0) is 25.2. The van der Waals surface area contributed by atoms with E-state index in [2.05, 4.69) is 29.9 Å². The SMILES string of the molecule is COc1ccc(/C=N/c2nc(/N=C/c3ccc(OC)cc3)nc(/N=C/c3ccc(OC)cc3)n2)cc1. The number of aromatic nitrogens is 3. The van der Waals surface area contributed by atoms with Crippen molar-refractivity contribution in [3.63, 3.8) is 0 Å². The molecule has 0 saturated carbocycles. The summed E-state index contributed by atoms with van der Waals surface area (Å²) in [6.45, 7) is 0. The van der Waals surface area contributed by atoms with Crippen LogP contribution in [0.15, 0.2) is 87.8 Å². The van der Waals surface area contributed by atoms with E-state index in [0.717, 1.165) is 33.9 Å². The molecule has 9 heteroatoms. The van der Waals surface area contributed by atoms with Crippen molar-refractivity contribution in [1.29, 1.82) is 0 Å². The molecule has 4 rings (SSSR count). The van der Waals surface area contributed by atoms with Gasteiger partial charge in [0.05, 0.1) is 21.3 Å². The van der Waals surface area contributed by atoms with E-state index in [0.29, 0.717) is 0 Å². The van der Waals surface area contributed by atoms with Gasteiger partial charge in [-0.3, -0.25) is 0 Å². The van der Waals surface area contributed by atoms with E-state index in [1.54, 1.807) is 40.0 Å². The van der Waals surface area contributed by atoms with Gasteiger partial charge in [0.1, 0.15) is 17.2 Å². The minimum atomic E-state index is 0.185. The van der Waals surface area contributed by atoms with E-state index in [1.807, 2.05) is 72.8 Å². The molecule has 0 aliphatic carbocycles. The highest BCUT2D eigenvalue weighted by Gasteiger charge is 2.04. The highest BCUT2D eigenvalue weighted by atomic mass is 16.5. The van der Waals surface area contributed by atoms with Crippen LogP contribution in [0.4, 0.5) is 17.8 Å². The van der Waals surface area contributed by atoms with E-state index >= 15 is 0 Å². The van der Waals surface area contributed by atoms with E-state index in [1.165, 1.54) is 0 Å². The first-order chi connectivity index (χ1) is 17.6. The Morgan fingerprint density at radius 1 is 0.444 bits per heavy atom. The molecular formula is C27H24N6O3. The van der Waals surface area contributed by atoms with Crippen LogP contribution in [0.2, 0.25) is 0 Å². The van der Waals surface area contributed by atoms with Crippen LogP contribution in [0.3, 0.4) is 0 Å². The molecule has 1 aromatic heterocycles. The van der Waals surface area contributed by atoms with Crippen molar-refractivity contribution in [2.24, 2.45) is 15.0 Å². The molecule has 0 fully saturated rings. The van der Waals surface area contributed by atoms with Crippen LogP contribution >= 0.6 is 0 Å². The van der Waals surface area contributed by atoms with Crippen molar-refractivity contribution < 1.29 is 14.2 Å². The van der Waals surface area contributed by atoms with Gasteiger partial charge in [-0.2, -0.15) is 15.0 Å². The predicted octanol–water partition coefficient (Wildman–Crippen LogP) is 5.15. The fourth-order valence-electron chi connectivity index (χ4n) is 2.98. The summed E-state index contributed by atoms with van der Waals surface area (Å²) >= 11 is 0. The average Bonchev–Trinajstić information content (AvgIpc) is 2.94. The molecule has 0 saturated heterocycles. The number of aliphatic imine (C=N–C) groups is 3. The van der Waals surface area contributed by atoms with Gasteiger partial charge in [0.25, 0.3) is 17.8 Å². The van der Waals surface area contributed by atoms with Crippen molar-refractivity contribution in [2.45, 2.75) is 0 Å². The molecule has 0 spiro atoms. The molecule has 0 atom stereocenters. The molecule has 0 bridgehead atoms. The maximum Gasteiger partial charge on any atom is 0.256 e. The van der Waals surface area contributed by atoms with Gasteiger partial charge in [0.2, 0.25) is 0 Å². The monoisotopic (exact) mass is 480 g/mol. The minimum Gasteiger partial charge on any atom is -0.497 e. The average molecular weight is 481 g/mol. The maximum absolute atomic E-state index is 5.19. The van der Waals surface area contributed by atoms with Crippen molar-refractivity contribution in [1.82, 2.24) is 15.0 Å². The Hall–Kier alpha value is -4.92. The van der Waals surface area contributed by atoms with Gasteiger partial charge in [-0.1, -0.05) is 0 Å². The summed E-state index contributed by atoms with van der Waals surface area (Å²) in [5.41, 5.74) is 2.59. The molecule has 0 radical (unpaired) electrons. The van der Waals surface area contributed by atoms with Crippen molar-refractivity contribution in [2.75, 3.05) is 21.3 Å². The van der Waals surface area contributed by atoms with Gasteiger partial charge in [0, 0.05) is 18.6 Å². The lowest BCUT2D eigenvalue weighted by Gasteiger charge is -2.01. The van der Waals surface area contributed by atoms with E-state index in [9.17, 15) is 0 Å². The molecule has 0 aliphatic heterocycles. The Kier molecular flexibility index (Phi) is 8.06. The van der Waals surface area contributed by atoms with Gasteiger partial charge in [0.15, 0.2) is 0 Å². The number of ether oxygens (including phenoxy) is 3. The Morgan fingerprint density at radius 3 is 0.917 bits per heavy atom. The molecular weight excluding hydrogens is 456 g/mol. The van der Waals surface area contributed by atoms with E-state index in [4.69, 9.17) is 14.2 Å². The summed E-state index contributed by atoms with van der Waals surface area (Å²) in [7, 11) is 4.86. The van der Waals surface area contributed by atoms with E-state index < -0.39 is 0 Å². The summed E-state index contributed by atoms with van der Waals surface area (Å²) < 4.78 is 15.6. The lowest BCUT2D eigenvalue weighted by atomic mass is 10.2. The van der Waals surface area contributed by atoms with Crippen molar-refractivity contribution >= 4 is 36.5 Å². The molecule has 3 aromatic carbocycles. The zero-order valence-corrected chi connectivity index (χ0v) is 20.1. The Balaban J connectivity index is 1.62. The first kappa shape index (κ1) is 24.2. The first-order valence-corrected chi connectivity index (χ1v) is 11.0. The highest BCUT2D eigenvalue weighted by molar-refractivity contribution is 5.83. The van der Waals surface area contributed by atoms with Crippen molar-refractivity contribution in [3.8, 4) is 17.2 Å². The van der Waals surface area contributed by atoms with Gasteiger partial charge in [-0.05, 0) is 89.5 Å². The van der Waals surface area contributed by atoms with Crippen LogP contribution in [0.25, 0.3) is 0 Å². The topological polar surface area (TPSA) is 103 Å². The molecule has 0 aliphatic rings. The van der Waals surface area contributed by atoms with Crippen molar-refractivity contribution in [3.05, 3.63) is 89.5 Å².